The van der Waals surface area contributed by atoms with Crippen molar-refractivity contribution in [3.8, 4) is 17.0 Å². The van der Waals surface area contributed by atoms with Crippen LogP contribution in [0.1, 0.15) is 36.2 Å². The fourth-order valence-electron chi connectivity index (χ4n) is 2.52. The molecular weight excluding hydrogens is 332 g/mol. The maximum atomic E-state index is 11.4. The lowest BCUT2D eigenvalue weighted by Crippen LogP contribution is -2.07. The number of halogens is 1. The van der Waals surface area contributed by atoms with E-state index in [2.05, 4.69) is 28.0 Å². The summed E-state index contributed by atoms with van der Waals surface area (Å²) in [5.74, 6) is 1.46. The SMILES string of the molecule is COc1ccc(-c2nn(C(C)C3CC3)cc2C=O)c(Br)c1. The van der Waals surface area contributed by atoms with E-state index in [1.165, 1.54) is 12.8 Å². The molecule has 4 nitrogen and oxygen atoms in total. The van der Waals surface area contributed by atoms with E-state index >= 15 is 0 Å². The van der Waals surface area contributed by atoms with Crippen LogP contribution in [0.5, 0.6) is 5.75 Å². The monoisotopic (exact) mass is 348 g/mol. The van der Waals surface area contributed by atoms with Crippen molar-refractivity contribution in [2.45, 2.75) is 25.8 Å². The molecule has 0 N–H and O–H groups in total. The minimum atomic E-state index is 0.342. The summed E-state index contributed by atoms with van der Waals surface area (Å²) in [6, 6.07) is 6.02. The Labute approximate surface area is 132 Å². The van der Waals surface area contributed by atoms with Gasteiger partial charge in [0.25, 0.3) is 0 Å². The number of ether oxygens (including phenoxy) is 1. The molecule has 0 amide bonds. The summed E-state index contributed by atoms with van der Waals surface area (Å²) < 4.78 is 7.99. The number of hydrogen-bond acceptors (Lipinski definition) is 3. The average molecular weight is 349 g/mol. The van der Waals surface area contributed by atoms with Gasteiger partial charge in [0.1, 0.15) is 11.4 Å². The van der Waals surface area contributed by atoms with Crippen molar-refractivity contribution in [2.24, 2.45) is 5.92 Å². The molecule has 1 heterocycles. The number of aromatic nitrogens is 2. The third-order valence-electron chi connectivity index (χ3n) is 4.04. The zero-order valence-electron chi connectivity index (χ0n) is 12.0. The number of hydrogen-bond donors (Lipinski definition) is 0. The van der Waals surface area contributed by atoms with Gasteiger partial charge in [0.2, 0.25) is 0 Å². The molecule has 3 rings (SSSR count). The molecule has 1 aromatic heterocycles. The van der Waals surface area contributed by atoms with Crippen molar-refractivity contribution in [1.82, 2.24) is 9.78 Å². The predicted molar refractivity (Wildman–Crippen MR) is 84.7 cm³/mol. The lowest BCUT2D eigenvalue weighted by molar-refractivity contribution is 0.112. The van der Waals surface area contributed by atoms with Gasteiger partial charge in [0, 0.05) is 16.2 Å². The molecule has 1 aromatic carbocycles. The number of carbonyl (C=O) groups is 1. The standard InChI is InChI=1S/C16H17BrN2O2/c1-10(11-3-4-11)19-8-12(9-20)16(18-19)14-6-5-13(21-2)7-15(14)17/h5-11H,3-4H2,1-2H3. The van der Waals surface area contributed by atoms with E-state index in [1.807, 2.05) is 29.1 Å². The van der Waals surface area contributed by atoms with Crippen LogP contribution in [-0.4, -0.2) is 23.2 Å². The highest BCUT2D eigenvalue weighted by Crippen LogP contribution is 2.40. The molecule has 0 bridgehead atoms. The highest BCUT2D eigenvalue weighted by molar-refractivity contribution is 9.10. The Morgan fingerprint density at radius 1 is 1.48 bits per heavy atom. The largest absolute Gasteiger partial charge is 0.497 e. The molecular formula is C16H17BrN2O2. The molecule has 21 heavy (non-hydrogen) atoms. The first kappa shape index (κ1) is 14.3. The van der Waals surface area contributed by atoms with Crippen LogP contribution >= 0.6 is 15.9 Å². The van der Waals surface area contributed by atoms with Gasteiger partial charge >= 0.3 is 0 Å². The Balaban J connectivity index is 2.02. The van der Waals surface area contributed by atoms with Gasteiger partial charge in [-0.2, -0.15) is 5.10 Å². The van der Waals surface area contributed by atoms with E-state index in [0.29, 0.717) is 23.2 Å². The summed E-state index contributed by atoms with van der Waals surface area (Å²) in [6.45, 7) is 2.16. The zero-order valence-corrected chi connectivity index (χ0v) is 13.6. The zero-order chi connectivity index (χ0) is 15.0. The van der Waals surface area contributed by atoms with Crippen molar-refractivity contribution >= 4 is 22.2 Å². The highest BCUT2D eigenvalue weighted by Gasteiger charge is 2.30. The van der Waals surface area contributed by atoms with Crippen molar-refractivity contribution in [3.05, 3.63) is 34.4 Å². The first-order valence-corrected chi connectivity index (χ1v) is 7.81. The van der Waals surface area contributed by atoms with Crippen LogP contribution in [0, 0.1) is 5.92 Å². The van der Waals surface area contributed by atoms with E-state index < -0.39 is 0 Å². The second-order valence-corrected chi connectivity index (χ2v) is 6.31. The molecule has 0 aliphatic heterocycles. The Kier molecular flexibility index (Phi) is 3.85. The topological polar surface area (TPSA) is 44.1 Å². The lowest BCUT2D eigenvalue weighted by atomic mass is 10.1. The first-order chi connectivity index (χ1) is 10.1. The number of nitrogens with zero attached hydrogens (tertiary/aromatic N) is 2. The van der Waals surface area contributed by atoms with Crippen LogP contribution in [0.25, 0.3) is 11.3 Å². The van der Waals surface area contributed by atoms with E-state index in [-0.39, 0.29) is 0 Å². The molecule has 1 aliphatic rings. The molecule has 110 valence electrons. The fraction of sp³-hybridized carbons (Fsp3) is 0.375. The molecule has 1 atom stereocenters. The van der Waals surface area contributed by atoms with Gasteiger partial charge < -0.3 is 4.74 Å². The molecule has 5 heteroatoms. The van der Waals surface area contributed by atoms with Crippen LogP contribution in [0.3, 0.4) is 0 Å². The van der Waals surface area contributed by atoms with Crippen LogP contribution in [0.15, 0.2) is 28.9 Å². The van der Waals surface area contributed by atoms with Crippen molar-refractivity contribution in [3.63, 3.8) is 0 Å². The average Bonchev–Trinajstić information content (AvgIpc) is 3.25. The van der Waals surface area contributed by atoms with Crippen LogP contribution in [-0.2, 0) is 0 Å². The van der Waals surface area contributed by atoms with Crippen LogP contribution in [0.4, 0.5) is 0 Å². The predicted octanol–water partition coefficient (Wildman–Crippen LogP) is 4.10. The van der Waals surface area contributed by atoms with E-state index in [4.69, 9.17) is 4.74 Å². The second-order valence-electron chi connectivity index (χ2n) is 5.45. The Bertz CT molecular complexity index is 677. The maximum absolute atomic E-state index is 11.4. The fourth-order valence-corrected chi connectivity index (χ4v) is 3.07. The summed E-state index contributed by atoms with van der Waals surface area (Å²) in [5, 5.41) is 4.64. The van der Waals surface area contributed by atoms with Crippen LogP contribution in [0.2, 0.25) is 0 Å². The first-order valence-electron chi connectivity index (χ1n) is 7.02. The Morgan fingerprint density at radius 2 is 2.24 bits per heavy atom. The molecule has 1 saturated carbocycles. The van der Waals surface area contributed by atoms with Gasteiger partial charge in [-0.05, 0) is 59.8 Å². The normalized spacial score (nSPS) is 15.8. The summed E-state index contributed by atoms with van der Waals surface area (Å²) in [7, 11) is 1.63. The number of methoxy groups -OCH3 is 1. The molecule has 2 aromatic rings. The van der Waals surface area contributed by atoms with Gasteiger partial charge in [0.15, 0.2) is 6.29 Å². The van der Waals surface area contributed by atoms with E-state index in [1.54, 1.807) is 7.11 Å². The molecule has 1 fully saturated rings. The minimum absolute atomic E-state index is 0.342. The third-order valence-corrected chi connectivity index (χ3v) is 4.70. The molecule has 0 saturated heterocycles. The van der Waals surface area contributed by atoms with E-state index in [0.717, 1.165) is 22.1 Å². The summed E-state index contributed by atoms with van der Waals surface area (Å²) >= 11 is 3.53. The van der Waals surface area contributed by atoms with Crippen molar-refractivity contribution in [2.75, 3.05) is 7.11 Å². The number of rotatable bonds is 5. The van der Waals surface area contributed by atoms with Gasteiger partial charge in [-0.1, -0.05) is 0 Å². The highest BCUT2D eigenvalue weighted by atomic mass is 79.9. The van der Waals surface area contributed by atoms with Crippen molar-refractivity contribution in [1.29, 1.82) is 0 Å². The number of carbonyl (C=O) groups excluding carboxylic acids is 1. The summed E-state index contributed by atoms with van der Waals surface area (Å²) in [4.78, 5) is 11.4. The quantitative estimate of drug-likeness (QED) is 0.764. The third kappa shape index (κ3) is 2.75. The molecule has 1 aliphatic carbocycles. The van der Waals surface area contributed by atoms with Gasteiger partial charge in [-0.3, -0.25) is 9.48 Å². The van der Waals surface area contributed by atoms with Gasteiger partial charge in [-0.15, -0.1) is 0 Å². The van der Waals surface area contributed by atoms with E-state index in [9.17, 15) is 4.79 Å². The second kappa shape index (κ2) is 5.64. The number of aldehydes is 1. The Morgan fingerprint density at radius 3 is 2.81 bits per heavy atom. The summed E-state index contributed by atoms with van der Waals surface area (Å²) in [6.07, 6.45) is 5.22. The lowest BCUT2D eigenvalue weighted by Gasteiger charge is -2.10. The van der Waals surface area contributed by atoms with Gasteiger partial charge in [-0.25, -0.2) is 0 Å². The van der Waals surface area contributed by atoms with Gasteiger partial charge in [0.05, 0.1) is 18.7 Å². The van der Waals surface area contributed by atoms with Crippen LogP contribution < -0.4 is 4.74 Å². The summed E-state index contributed by atoms with van der Waals surface area (Å²) in [5.41, 5.74) is 2.24. The molecule has 0 spiro atoms. The maximum Gasteiger partial charge on any atom is 0.153 e. The number of benzene rings is 1. The Hall–Kier alpha value is -1.62. The molecule has 1 unspecified atom stereocenters. The smallest absolute Gasteiger partial charge is 0.153 e. The minimum Gasteiger partial charge on any atom is -0.497 e. The van der Waals surface area contributed by atoms with Crippen molar-refractivity contribution < 1.29 is 9.53 Å². The molecule has 0 radical (unpaired) electrons.